The normalized spacial score (nSPS) is 12.3. The summed E-state index contributed by atoms with van der Waals surface area (Å²) in [6.07, 6.45) is 0. The Kier molecular flexibility index (Phi) is 9.22. The summed E-state index contributed by atoms with van der Waals surface area (Å²) in [4.78, 5) is 4.96. The van der Waals surface area contributed by atoms with Gasteiger partial charge in [0.2, 0.25) is 0 Å². The van der Waals surface area contributed by atoms with Gasteiger partial charge in [0.05, 0.1) is 0 Å². The average molecular weight is 826 g/mol. The molecule has 0 spiro atoms. The zero-order chi connectivity index (χ0) is 38.1. The third-order valence-electron chi connectivity index (χ3n) is 11.3. The molecule has 0 heterocycles. The number of anilines is 6. The third kappa shape index (κ3) is 6.52. The van der Waals surface area contributed by atoms with Gasteiger partial charge < -0.3 is 0 Å². The van der Waals surface area contributed by atoms with Crippen LogP contribution in [-0.2, 0) is 0 Å². The quantitative estimate of drug-likeness (QED) is 0.111. The molecule has 0 fully saturated rings. The number of aryl methyl sites for hydroxylation is 4. The van der Waals surface area contributed by atoms with Gasteiger partial charge in [-0.25, -0.2) is 0 Å². The molecule has 0 saturated heterocycles. The molecule has 270 valence electrons. The Hall–Kier alpha value is -4.51. The Morgan fingerprint density at radius 3 is 0.907 bits per heavy atom. The molecule has 0 saturated carbocycles. The van der Waals surface area contributed by atoms with E-state index in [2.05, 4.69) is 205 Å². The molecule has 8 aromatic carbocycles. The number of hydrogen-bond acceptors (Lipinski definition) is 2. The van der Waals surface area contributed by atoms with Gasteiger partial charge in [0.25, 0.3) is 0 Å². The molecule has 0 N–H and O–H groups in total. The summed E-state index contributed by atoms with van der Waals surface area (Å²) in [6.45, 7) is 8.90. The van der Waals surface area contributed by atoms with E-state index in [-0.39, 0.29) is 0 Å². The molecular weight excluding hydrogens is 774 g/mol. The van der Waals surface area contributed by atoms with Gasteiger partial charge in [-0.3, -0.25) is 0 Å². The second-order valence-electron chi connectivity index (χ2n) is 17.4. The summed E-state index contributed by atoms with van der Waals surface area (Å²) in [5.74, 6) is 14.8. The molecule has 4 heteroatoms. The van der Waals surface area contributed by atoms with E-state index in [1.54, 1.807) is 0 Å². The molecule has 0 aliphatic heterocycles. The Balaban J connectivity index is 1.41. The van der Waals surface area contributed by atoms with Crippen LogP contribution < -0.4 is 18.6 Å². The molecule has 54 heavy (non-hydrogen) atoms. The summed E-state index contributed by atoms with van der Waals surface area (Å²) in [7, 11) is 0. The maximum atomic E-state index is 2.48. The van der Waals surface area contributed by atoms with E-state index < -0.39 is 26.5 Å². The van der Waals surface area contributed by atoms with Gasteiger partial charge >= 0.3 is 330 Å². The first-order valence-electron chi connectivity index (χ1n) is 19.4. The zero-order valence-corrected chi connectivity index (χ0v) is 37.8. The van der Waals surface area contributed by atoms with E-state index in [1.807, 2.05) is 0 Å². The molecule has 2 nitrogen and oxygen atoms in total. The Labute approximate surface area is 327 Å². The van der Waals surface area contributed by atoms with Gasteiger partial charge in [-0.15, -0.1) is 0 Å². The van der Waals surface area contributed by atoms with E-state index in [9.17, 15) is 0 Å². The Morgan fingerprint density at radius 1 is 0.333 bits per heavy atom. The molecule has 0 atom stereocenters. The van der Waals surface area contributed by atoms with Crippen molar-refractivity contribution in [2.75, 3.05) is 9.80 Å². The molecule has 0 bridgehead atoms. The standard InChI is InChI=1S/C50H52Ge2N2/c1-33-11-19-39(20-12-33)53(41-23-15-37(16-24-41)51(5,6)7)47-31-35(3)43-28-30-46-48(32-36(4)44-27-29-45(47)49(43)50(44)46)54(40-21-13-34(2)14-22-40)42-25-17-38(18-26-42)52(8,9)10/h11-32H,1-10H3. The summed E-state index contributed by atoms with van der Waals surface area (Å²) in [5, 5.41) is 7.84. The summed E-state index contributed by atoms with van der Waals surface area (Å²) in [6, 6.07) is 51.2. The molecule has 0 aliphatic rings. The second-order valence-corrected chi connectivity index (χ2v) is 38.7. The van der Waals surface area contributed by atoms with Gasteiger partial charge in [0.15, 0.2) is 0 Å². The van der Waals surface area contributed by atoms with Gasteiger partial charge in [0.1, 0.15) is 0 Å². The molecular formula is C50H52Ge2N2. The van der Waals surface area contributed by atoms with E-state index in [4.69, 9.17) is 0 Å². The number of benzene rings is 8. The third-order valence-corrected chi connectivity index (χ3v) is 20.0. The van der Waals surface area contributed by atoms with Crippen molar-refractivity contribution in [1.29, 1.82) is 0 Å². The van der Waals surface area contributed by atoms with Crippen LogP contribution in [0.3, 0.4) is 0 Å². The van der Waals surface area contributed by atoms with E-state index >= 15 is 0 Å². The minimum atomic E-state index is -2.00. The molecule has 0 radical (unpaired) electrons. The molecule has 0 unspecified atom stereocenters. The Bertz CT molecular complexity index is 2440. The zero-order valence-electron chi connectivity index (χ0n) is 33.6. The van der Waals surface area contributed by atoms with Crippen LogP contribution in [0.15, 0.2) is 133 Å². The first kappa shape index (κ1) is 36.5. The van der Waals surface area contributed by atoms with Crippen molar-refractivity contribution in [3.8, 4) is 0 Å². The number of hydrogen-bond donors (Lipinski definition) is 0. The van der Waals surface area contributed by atoms with Crippen molar-refractivity contribution < 1.29 is 0 Å². The van der Waals surface area contributed by atoms with Crippen LogP contribution in [0.5, 0.6) is 0 Å². The van der Waals surface area contributed by atoms with Crippen LogP contribution in [0.2, 0.25) is 34.5 Å². The molecule has 0 aromatic heterocycles. The van der Waals surface area contributed by atoms with Crippen LogP contribution in [0.25, 0.3) is 32.3 Å². The van der Waals surface area contributed by atoms with Crippen LogP contribution in [0, 0.1) is 27.7 Å². The fraction of sp³-hybridized carbons (Fsp3) is 0.200. The van der Waals surface area contributed by atoms with E-state index in [0.29, 0.717) is 0 Å². The summed E-state index contributed by atoms with van der Waals surface area (Å²) < 4.78 is 3.04. The van der Waals surface area contributed by atoms with Gasteiger partial charge in [-0.05, 0) is 0 Å². The summed E-state index contributed by atoms with van der Waals surface area (Å²) >= 11 is -3.99. The first-order chi connectivity index (χ1) is 25.7. The van der Waals surface area contributed by atoms with Gasteiger partial charge in [-0.2, -0.15) is 0 Å². The molecule has 0 amide bonds. The molecule has 0 aliphatic carbocycles. The Morgan fingerprint density at radius 2 is 0.611 bits per heavy atom. The van der Waals surface area contributed by atoms with Crippen molar-refractivity contribution in [2.45, 2.75) is 62.2 Å². The maximum absolute atomic E-state index is 2.48. The topological polar surface area (TPSA) is 6.48 Å². The predicted molar refractivity (Wildman–Crippen MR) is 244 cm³/mol. The fourth-order valence-corrected chi connectivity index (χ4v) is 13.0. The average Bonchev–Trinajstić information content (AvgIpc) is 3.14. The van der Waals surface area contributed by atoms with Crippen molar-refractivity contribution in [1.82, 2.24) is 0 Å². The van der Waals surface area contributed by atoms with Crippen molar-refractivity contribution in [2.24, 2.45) is 0 Å². The SMILES string of the molecule is Cc1ccc(N(c2cc[c]([Ge]([CH3])([CH3])[CH3])cc2)c2cc(C)c3ccc4c(N(c5ccc(C)cc5)c5cc[c]([Ge]([CH3])([CH3])[CH3])cc5)cc(C)c5ccc2c3c54)cc1. The number of rotatable bonds is 8. The fourth-order valence-electron chi connectivity index (χ4n) is 8.13. The summed E-state index contributed by atoms with van der Waals surface area (Å²) in [5.41, 5.74) is 12.2. The van der Waals surface area contributed by atoms with Crippen LogP contribution in [0.1, 0.15) is 22.3 Å². The van der Waals surface area contributed by atoms with Crippen LogP contribution in [-0.4, -0.2) is 26.5 Å². The molecule has 8 aromatic rings. The number of nitrogens with zero attached hydrogens (tertiary/aromatic N) is 2. The van der Waals surface area contributed by atoms with Crippen molar-refractivity contribution in [3.05, 3.63) is 156 Å². The first-order valence-corrected chi connectivity index (χ1v) is 34.0. The predicted octanol–water partition coefficient (Wildman–Crippen LogP) is 13.8. The van der Waals surface area contributed by atoms with E-state index in [0.717, 1.165) is 0 Å². The van der Waals surface area contributed by atoms with Crippen molar-refractivity contribution >= 4 is 102 Å². The van der Waals surface area contributed by atoms with Crippen molar-refractivity contribution in [3.63, 3.8) is 0 Å². The van der Waals surface area contributed by atoms with Gasteiger partial charge in [-0.1, -0.05) is 0 Å². The molecule has 8 rings (SSSR count). The van der Waals surface area contributed by atoms with E-state index in [1.165, 1.54) is 97.5 Å². The second kappa shape index (κ2) is 13.7. The monoisotopic (exact) mass is 828 g/mol. The van der Waals surface area contributed by atoms with Crippen LogP contribution in [0.4, 0.5) is 34.1 Å². The van der Waals surface area contributed by atoms with Gasteiger partial charge in [0, 0.05) is 0 Å². The minimum absolute atomic E-state index is 1.17. The van der Waals surface area contributed by atoms with Crippen LogP contribution >= 0.6 is 0 Å².